The lowest BCUT2D eigenvalue weighted by Crippen LogP contribution is -2.50. The van der Waals surface area contributed by atoms with E-state index in [0.717, 1.165) is 17.5 Å². The second-order valence-corrected chi connectivity index (χ2v) is 4.83. The van der Waals surface area contributed by atoms with E-state index in [4.69, 9.17) is 5.11 Å². The molecule has 1 rings (SSSR count). The first-order valence-electron chi connectivity index (χ1n) is 5.97. The third kappa shape index (κ3) is 3.87. The number of aliphatic carboxylic acids is 1. The van der Waals surface area contributed by atoms with Crippen LogP contribution >= 0.6 is 0 Å². The molecule has 0 aliphatic heterocycles. The van der Waals surface area contributed by atoms with Gasteiger partial charge in [0.05, 0.1) is 6.42 Å². The maximum atomic E-state index is 11.8. The predicted molar refractivity (Wildman–Crippen MR) is 69.4 cm³/mol. The first-order chi connectivity index (χ1) is 8.35. The van der Waals surface area contributed by atoms with Crippen molar-refractivity contribution in [3.05, 3.63) is 35.4 Å². The number of rotatable bonds is 5. The van der Waals surface area contributed by atoms with Gasteiger partial charge in [0.2, 0.25) is 5.91 Å². The third-order valence-corrected chi connectivity index (χ3v) is 2.75. The predicted octanol–water partition coefficient (Wildman–Crippen LogP) is 1.77. The van der Waals surface area contributed by atoms with Crippen molar-refractivity contribution in [2.45, 2.75) is 39.2 Å². The normalized spacial score (nSPS) is 11.1. The molecule has 0 aromatic heterocycles. The number of carbonyl (C=O) groups excluding carboxylic acids is 1. The Bertz CT molecular complexity index is 452. The number of benzene rings is 1. The maximum Gasteiger partial charge on any atom is 0.328 e. The van der Waals surface area contributed by atoms with E-state index in [9.17, 15) is 9.59 Å². The summed E-state index contributed by atoms with van der Waals surface area (Å²) in [7, 11) is 0. The maximum absolute atomic E-state index is 11.8. The zero-order valence-corrected chi connectivity index (χ0v) is 11.0. The van der Waals surface area contributed by atoms with Gasteiger partial charge < -0.3 is 10.4 Å². The fraction of sp³-hybridized carbons (Fsp3) is 0.429. The van der Waals surface area contributed by atoms with E-state index in [1.54, 1.807) is 0 Å². The Morgan fingerprint density at radius 1 is 1.28 bits per heavy atom. The molecule has 1 aromatic carbocycles. The van der Waals surface area contributed by atoms with Crippen molar-refractivity contribution in [3.63, 3.8) is 0 Å². The van der Waals surface area contributed by atoms with Gasteiger partial charge in [-0.25, -0.2) is 4.79 Å². The minimum atomic E-state index is -1.24. The molecule has 18 heavy (non-hydrogen) atoms. The first-order valence-corrected chi connectivity index (χ1v) is 5.97. The van der Waals surface area contributed by atoms with E-state index in [2.05, 4.69) is 5.32 Å². The summed E-state index contributed by atoms with van der Waals surface area (Å²) >= 11 is 0. The summed E-state index contributed by atoms with van der Waals surface area (Å²) < 4.78 is 0. The number of hydrogen-bond donors (Lipinski definition) is 2. The molecule has 4 heteroatoms. The van der Waals surface area contributed by atoms with Gasteiger partial charge in [-0.2, -0.15) is 0 Å². The fourth-order valence-corrected chi connectivity index (χ4v) is 1.59. The Morgan fingerprint density at radius 3 is 2.44 bits per heavy atom. The minimum absolute atomic E-state index is 0.199. The number of carboxylic acid groups (broad SMARTS) is 1. The first kappa shape index (κ1) is 14.2. The van der Waals surface area contributed by atoms with E-state index in [1.165, 1.54) is 13.8 Å². The van der Waals surface area contributed by atoms with E-state index in [1.807, 2.05) is 31.2 Å². The zero-order valence-electron chi connectivity index (χ0n) is 11.0. The Labute approximate surface area is 107 Å². The molecule has 1 aromatic rings. The fourth-order valence-electron chi connectivity index (χ4n) is 1.59. The topological polar surface area (TPSA) is 66.4 Å². The molecule has 0 fully saturated rings. The molecule has 0 radical (unpaired) electrons. The Hall–Kier alpha value is -1.84. The van der Waals surface area contributed by atoms with Crippen LogP contribution in [0.5, 0.6) is 0 Å². The minimum Gasteiger partial charge on any atom is -0.480 e. The Kier molecular flexibility index (Phi) is 4.48. The molecule has 0 spiro atoms. The molecule has 0 atom stereocenters. The molecule has 0 saturated heterocycles. The molecule has 0 heterocycles. The van der Waals surface area contributed by atoms with Crippen LogP contribution < -0.4 is 5.32 Å². The van der Waals surface area contributed by atoms with Gasteiger partial charge in [-0.05, 0) is 31.4 Å². The average molecular weight is 249 g/mol. The van der Waals surface area contributed by atoms with Gasteiger partial charge in [0.25, 0.3) is 0 Å². The summed E-state index contributed by atoms with van der Waals surface area (Å²) in [5, 5.41) is 11.4. The van der Waals surface area contributed by atoms with Crippen LogP contribution in [0.1, 0.15) is 31.9 Å². The van der Waals surface area contributed by atoms with Crippen LogP contribution in [0.4, 0.5) is 0 Å². The second-order valence-electron chi connectivity index (χ2n) is 4.83. The van der Waals surface area contributed by atoms with Gasteiger partial charge >= 0.3 is 5.97 Å². The van der Waals surface area contributed by atoms with Gasteiger partial charge in [0, 0.05) is 0 Å². The lowest BCUT2D eigenvalue weighted by atomic mass is 10.0. The van der Waals surface area contributed by atoms with Crippen molar-refractivity contribution >= 4 is 11.9 Å². The number of aryl methyl sites for hydroxylation is 1. The van der Waals surface area contributed by atoms with Gasteiger partial charge in [-0.3, -0.25) is 4.79 Å². The van der Waals surface area contributed by atoms with Crippen molar-refractivity contribution < 1.29 is 14.7 Å². The van der Waals surface area contributed by atoms with Gasteiger partial charge in [-0.1, -0.05) is 31.2 Å². The molecule has 98 valence electrons. The van der Waals surface area contributed by atoms with Gasteiger partial charge in [-0.15, -0.1) is 0 Å². The van der Waals surface area contributed by atoms with Crippen LogP contribution in [0.2, 0.25) is 0 Å². The van der Waals surface area contributed by atoms with Gasteiger partial charge in [0.15, 0.2) is 0 Å². The lowest BCUT2D eigenvalue weighted by molar-refractivity contribution is -0.145. The highest BCUT2D eigenvalue weighted by Crippen LogP contribution is 2.08. The van der Waals surface area contributed by atoms with Crippen LogP contribution in [0.15, 0.2) is 24.3 Å². The molecule has 0 saturated carbocycles. The molecule has 2 N–H and O–H groups in total. The van der Waals surface area contributed by atoms with Crippen molar-refractivity contribution in [3.8, 4) is 0 Å². The molecular weight excluding hydrogens is 230 g/mol. The van der Waals surface area contributed by atoms with Crippen molar-refractivity contribution in [1.29, 1.82) is 0 Å². The number of hydrogen-bond acceptors (Lipinski definition) is 2. The van der Waals surface area contributed by atoms with Crippen LogP contribution in [0.3, 0.4) is 0 Å². The van der Waals surface area contributed by atoms with Crippen LogP contribution in [0, 0.1) is 0 Å². The standard InChI is InChI=1S/C14H19NO3/c1-4-10-6-5-7-11(8-10)9-12(16)15-14(2,3)13(17)18/h5-8H,4,9H2,1-3H3,(H,15,16)(H,17,18). The average Bonchev–Trinajstić information content (AvgIpc) is 2.28. The number of amides is 1. The van der Waals surface area contributed by atoms with E-state index >= 15 is 0 Å². The summed E-state index contributed by atoms with van der Waals surface area (Å²) in [6.07, 6.45) is 1.11. The molecule has 0 aliphatic carbocycles. The molecule has 0 aliphatic rings. The highest BCUT2D eigenvalue weighted by molar-refractivity contribution is 5.87. The Balaban J connectivity index is 2.67. The summed E-state index contributed by atoms with van der Waals surface area (Å²) in [5.74, 6) is -1.33. The summed E-state index contributed by atoms with van der Waals surface area (Å²) in [4.78, 5) is 22.7. The van der Waals surface area contributed by atoms with Crippen LogP contribution in [-0.4, -0.2) is 22.5 Å². The largest absolute Gasteiger partial charge is 0.480 e. The van der Waals surface area contributed by atoms with Crippen LogP contribution in [-0.2, 0) is 22.4 Å². The van der Waals surface area contributed by atoms with Crippen molar-refractivity contribution in [2.75, 3.05) is 0 Å². The summed E-state index contributed by atoms with van der Waals surface area (Å²) in [6.45, 7) is 4.98. The highest BCUT2D eigenvalue weighted by atomic mass is 16.4. The van der Waals surface area contributed by atoms with Crippen molar-refractivity contribution in [1.82, 2.24) is 5.32 Å². The van der Waals surface area contributed by atoms with Crippen LogP contribution in [0.25, 0.3) is 0 Å². The molecule has 1 amide bonds. The monoisotopic (exact) mass is 249 g/mol. The number of nitrogens with one attached hydrogen (secondary N) is 1. The van der Waals surface area contributed by atoms with E-state index < -0.39 is 11.5 Å². The lowest BCUT2D eigenvalue weighted by Gasteiger charge is -2.21. The summed E-state index contributed by atoms with van der Waals surface area (Å²) in [6, 6.07) is 7.74. The SMILES string of the molecule is CCc1cccc(CC(=O)NC(C)(C)C(=O)O)c1. The van der Waals surface area contributed by atoms with Crippen molar-refractivity contribution in [2.24, 2.45) is 0 Å². The Morgan fingerprint density at radius 2 is 1.89 bits per heavy atom. The van der Waals surface area contributed by atoms with E-state index in [0.29, 0.717) is 0 Å². The molecule has 0 unspecified atom stereocenters. The van der Waals surface area contributed by atoms with Gasteiger partial charge in [0.1, 0.15) is 5.54 Å². The quantitative estimate of drug-likeness (QED) is 0.835. The number of carboxylic acids is 1. The number of carbonyl (C=O) groups is 2. The third-order valence-electron chi connectivity index (χ3n) is 2.75. The van der Waals surface area contributed by atoms with E-state index in [-0.39, 0.29) is 12.3 Å². The highest BCUT2D eigenvalue weighted by Gasteiger charge is 2.28. The molecule has 4 nitrogen and oxygen atoms in total. The smallest absolute Gasteiger partial charge is 0.328 e. The summed E-state index contributed by atoms with van der Waals surface area (Å²) in [5.41, 5.74) is 0.824. The molecule has 0 bridgehead atoms. The zero-order chi connectivity index (χ0) is 13.8. The molecular formula is C14H19NO3. The second kappa shape index (κ2) is 5.67.